The lowest BCUT2D eigenvalue weighted by molar-refractivity contribution is 0.0685. The lowest BCUT2D eigenvalue weighted by Crippen LogP contribution is -2.02. The van der Waals surface area contributed by atoms with Gasteiger partial charge in [0.1, 0.15) is 11.4 Å². The van der Waals surface area contributed by atoms with Gasteiger partial charge in [0, 0.05) is 6.20 Å². The fourth-order valence-corrected chi connectivity index (χ4v) is 2.36. The summed E-state index contributed by atoms with van der Waals surface area (Å²) < 4.78 is 1.46. The van der Waals surface area contributed by atoms with Gasteiger partial charge in [-0.2, -0.15) is 0 Å². The average molecular weight is 236 g/mol. The summed E-state index contributed by atoms with van der Waals surface area (Å²) in [4.78, 5) is 22.3. The Morgan fingerprint density at radius 1 is 1.50 bits per heavy atom. The minimum Gasteiger partial charge on any atom is -0.477 e. The minimum atomic E-state index is -1.07. The number of thioether (sulfide) groups is 1. The number of nitrogens with zero attached hydrogens (tertiary/aromatic N) is 2. The first-order valence-corrected chi connectivity index (χ1v) is 5.67. The molecule has 2 rings (SSSR count). The minimum absolute atomic E-state index is 0.0812. The molecule has 5 nitrogen and oxygen atoms in total. The molecule has 0 saturated carbocycles. The zero-order valence-corrected chi connectivity index (χ0v) is 9.19. The summed E-state index contributed by atoms with van der Waals surface area (Å²) in [6.07, 6.45) is 3.32. The SMILES string of the molecule is CSc1c(N=O)c2ccccn2c1C(=O)O. The van der Waals surface area contributed by atoms with E-state index in [0.29, 0.717) is 10.4 Å². The highest BCUT2D eigenvalue weighted by Crippen LogP contribution is 2.37. The van der Waals surface area contributed by atoms with E-state index >= 15 is 0 Å². The Balaban J connectivity index is 2.95. The maximum Gasteiger partial charge on any atom is 0.354 e. The molecule has 2 aromatic heterocycles. The van der Waals surface area contributed by atoms with Crippen molar-refractivity contribution in [3.8, 4) is 0 Å². The summed E-state index contributed by atoms with van der Waals surface area (Å²) in [7, 11) is 0. The van der Waals surface area contributed by atoms with Crippen LogP contribution in [0.5, 0.6) is 0 Å². The normalized spacial score (nSPS) is 10.6. The first-order chi connectivity index (χ1) is 7.70. The Kier molecular flexibility index (Phi) is 2.66. The van der Waals surface area contributed by atoms with Gasteiger partial charge in [0.05, 0.1) is 10.4 Å². The molecule has 2 aromatic rings. The molecule has 0 spiro atoms. The molecule has 0 atom stereocenters. The third-order valence-corrected chi connectivity index (χ3v) is 3.07. The van der Waals surface area contributed by atoms with E-state index in [1.807, 2.05) is 0 Å². The monoisotopic (exact) mass is 236 g/mol. The van der Waals surface area contributed by atoms with Crippen LogP contribution in [0.3, 0.4) is 0 Å². The molecule has 0 fully saturated rings. The van der Waals surface area contributed by atoms with Crippen molar-refractivity contribution in [2.24, 2.45) is 5.18 Å². The van der Waals surface area contributed by atoms with Crippen LogP contribution in [0.15, 0.2) is 34.5 Å². The Morgan fingerprint density at radius 2 is 2.25 bits per heavy atom. The number of carboxylic acid groups (broad SMARTS) is 1. The number of carboxylic acids is 1. The highest BCUT2D eigenvalue weighted by molar-refractivity contribution is 7.98. The number of rotatable bonds is 3. The molecule has 0 saturated heterocycles. The van der Waals surface area contributed by atoms with Crippen LogP contribution in [0, 0.1) is 4.91 Å². The molecule has 0 bridgehead atoms. The molecule has 0 aliphatic rings. The zero-order chi connectivity index (χ0) is 11.7. The molecular formula is C10H8N2O3S. The lowest BCUT2D eigenvalue weighted by Gasteiger charge is -1.97. The van der Waals surface area contributed by atoms with Gasteiger partial charge in [0.25, 0.3) is 0 Å². The summed E-state index contributed by atoms with van der Waals surface area (Å²) in [5, 5.41) is 12.0. The van der Waals surface area contributed by atoms with E-state index in [2.05, 4.69) is 5.18 Å². The Morgan fingerprint density at radius 3 is 2.81 bits per heavy atom. The molecule has 0 radical (unpaired) electrons. The van der Waals surface area contributed by atoms with Crippen molar-refractivity contribution < 1.29 is 9.90 Å². The van der Waals surface area contributed by atoms with Crippen LogP contribution >= 0.6 is 11.8 Å². The van der Waals surface area contributed by atoms with Crippen LogP contribution in [0.4, 0.5) is 5.69 Å². The van der Waals surface area contributed by atoms with Gasteiger partial charge in [0.2, 0.25) is 0 Å². The fraction of sp³-hybridized carbons (Fsp3) is 0.100. The van der Waals surface area contributed by atoms with E-state index in [1.54, 1.807) is 30.7 Å². The topological polar surface area (TPSA) is 71.1 Å². The maximum atomic E-state index is 11.1. The molecule has 1 N–H and O–H groups in total. The Labute approximate surface area is 95.1 Å². The van der Waals surface area contributed by atoms with Gasteiger partial charge in [-0.25, -0.2) is 4.79 Å². The van der Waals surface area contributed by atoms with Crippen molar-refractivity contribution in [1.82, 2.24) is 4.40 Å². The van der Waals surface area contributed by atoms with Crippen LogP contribution in [0.2, 0.25) is 0 Å². The van der Waals surface area contributed by atoms with Gasteiger partial charge in [-0.05, 0) is 23.6 Å². The summed E-state index contributed by atoms with van der Waals surface area (Å²) >= 11 is 1.21. The predicted octanol–water partition coefficient (Wildman–Crippen LogP) is 2.76. The van der Waals surface area contributed by atoms with Gasteiger partial charge in [-0.1, -0.05) is 6.07 Å². The molecule has 0 unspecified atom stereocenters. The molecule has 82 valence electrons. The predicted molar refractivity (Wildman–Crippen MR) is 61.6 cm³/mol. The van der Waals surface area contributed by atoms with E-state index in [9.17, 15) is 9.70 Å². The number of carbonyl (C=O) groups is 1. The van der Waals surface area contributed by atoms with Gasteiger partial charge in [-0.15, -0.1) is 16.7 Å². The largest absolute Gasteiger partial charge is 0.477 e. The first kappa shape index (κ1) is 10.7. The molecule has 16 heavy (non-hydrogen) atoms. The number of aromatic carboxylic acids is 1. The zero-order valence-electron chi connectivity index (χ0n) is 8.38. The number of pyridine rings is 1. The van der Waals surface area contributed by atoms with Crippen molar-refractivity contribution in [1.29, 1.82) is 0 Å². The van der Waals surface area contributed by atoms with E-state index in [0.717, 1.165) is 0 Å². The molecule has 0 aromatic carbocycles. The van der Waals surface area contributed by atoms with E-state index < -0.39 is 5.97 Å². The average Bonchev–Trinajstić information content (AvgIpc) is 2.62. The summed E-state index contributed by atoms with van der Waals surface area (Å²) in [5.74, 6) is -1.07. The van der Waals surface area contributed by atoms with Crippen molar-refractivity contribution in [2.75, 3.05) is 6.26 Å². The van der Waals surface area contributed by atoms with E-state index in [4.69, 9.17) is 5.11 Å². The molecular weight excluding hydrogens is 228 g/mol. The third-order valence-electron chi connectivity index (χ3n) is 2.27. The maximum absolute atomic E-state index is 11.1. The third kappa shape index (κ3) is 1.38. The number of fused-ring (bicyclic) bond motifs is 1. The summed E-state index contributed by atoms with van der Waals surface area (Å²) in [5.41, 5.74) is 0.780. The molecule has 0 amide bonds. The summed E-state index contributed by atoms with van der Waals surface area (Å²) in [6, 6.07) is 5.11. The van der Waals surface area contributed by atoms with Gasteiger partial charge in [-0.3, -0.25) is 0 Å². The number of aromatic nitrogens is 1. The standard InChI is InChI=1S/C10H8N2O3S/c1-16-9-7(11-15)6-4-2-3-5-12(6)8(9)10(13)14/h2-5H,1H3,(H,13,14). The van der Waals surface area contributed by atoms with Crippen LogP contribution in [0.25, 0.3) is 5.52 Å². The van der Waals surface area contributed by atoms with Gasteiger partial charge in [0.15, 0.2) is 0 Å². The number of hydrogen-bond acceptors (Lipinski definition) is 4. The highest BCUT2D eigenvalue weighted by Gasteiger charge is 2.22. The van der Waals surface area contributed by atoms with Crippen molar-refractivity contribution in [3.63, 3.8) is 0 Å². The number of hydrogen-bond donors (Lipinski definition) is 1. The smallest absolute Gasteiger partial charge is 0.354 e. The summed E-state index contributed by atoms with van der Waals surface area (Å²) in [6.45, 7) is 0. The second-order valence-electron chi connectivity index (χ2n) is 3.08. The van der Waals surface area contributed by atoms with Crippen LogP contribution < -0.4 is 0 Å². The molecule has 6 heteroatoms. The van der Waals surface area contributed by atoms with Crippen LogP contribution in [-0.4, -0.2) is 21.7 Å². The molecule has 2 heterocycles. The second-order valence-corrected chi connectivity index (χ2v) is 3.90. The Hall–Kier alpha value is -1.82. The van der Waals surface area contributed by atoms with Crippen molar-refractivity contribution >= 4 is 28.9 Å². The van der Waals surface area contributed by atoms with Gasteiger partial charge < -0.3 is 9.51 Å². The fourth-order valence-electron chi connectivity index (χ4n) is 1.65. The second kappa shape index (κ2) is 3.97. The quantitative estimate of drug-likeness (QED) is 0.657. The number of nitroso groups, excluding NO2 is 1. The first-order valence-electron chi connectivity index (χ1n) is 4.44. The molecule has 0 aliphatic heterocycles. The van der Waals surface area contributed by atoms with Crippen molar-refractivity contribution in [2.45, 2.75) is 4.90 Å². The van der Waals surface area contributed by atoms with E-state index in [1.165, 1.54) is 16.2 Å². The highest BCUT2D eigenvalue weighted by atomic mass is 32.2. The van der Waals surface area contributed by atoms with Crippen LogP contribution in [-0.2, 0) is 0 Å². The van der Waals surface area contributed by atoms with Gasteiger partial charge >= 0.3 is 5.97 Å². The molecule has 0 aliphatic carbocycles. The van der Waals surface area contributed by atoms with Crippen molar-refractivity contribution in [3.05, 3.63) is 35.0 Å². The van der Waals surface area contributed by atoms with E-state index in [-0.39, 0.29) is 11.4 Å². The van der Waals surface area contributed by atoms with Crippen LogP contribution in [0.1, 0.15) is 10.5 Å². The Bertz CT molecular complexity index is 577. The lowest BCUT2D eigenvalue weighted by atomic mass is 10.3.